The minimum absolute atomic E-state index is 0.156. The first-order chi connectivity index (χ1) is 9.10. The van der Waals surface area contributed by atoms with Crippen molar-refractivity contribution < 1.29 is 9.53 Å². The second-order valence-corrected chi connectivity index (χ2v) is 5.91. The van der Waals surface area contributed by atoms with E-state index in [0.29, 0.717) is 13.0 Å². The Hall–Kier alpha value is -1.42. The van der Waals surface area contributed by atoms with Crippen molar-refractivity contribution in [1.82, 2.24) is 4.90 Å². The van der Waals surface area contributed by atoms with E-state index in [4.69, 9.17) is 4.74 Å². The Labute approximate surface area is 118 Å². The molecular formula is C15H19NO2S. The molecule has 0 spiro atoms. The molecule has 1 amide bonds. The third kappa shape index (κ3) is 3.53. The summed E-state index contributed by atoms with van der Waals surface area (Å²) in [6.45, 7) is 7.15. The van der Waals surface area contributed by atoms with Gasteiger partial charge in [0, 0.05) is 30.2 Å². The molecule has 1 aromatic carbocycles. The number of rotatable bonds is 3. The highest BCUT2D eigenvalue weighted by molar-refractivity contribution is 7.99. The van der Waals surface area contributed by atoms with Crippen molar-refractivity contribution in [3.8, 4) is 5.75 Å². The molecule has 4 heteroatoms. The lowest BCUT2D eigenvalue weighted by atomic mass is 10.1. The van der Waals surface area contributed by atoms with Crippen LogP contribution in [0.5, 0.6) is 5.75 Å². The number of benzene rings is 1. The second kappa shape index (κ2) is 6.15. The van der Waals surface area contributed by atoms with Crippen LogP contribution in [0.1, 0.15) is 18.9 Å². The lowest BCUT2D eigenvalue weighted by Crippen LogP contribution is -2.31. The molecule has 0 unspecified atom stereocenters. The van der Waals surface area contributed by atoms with Crippen LogP contribution in [0.25, 0.3) is 0 Å². The maximum atomic E-state index is 12.2. The summed E-state index contributed by atoms with van der Waals surface area (Å²) in [5.41, 5.74) is 2.07. The van der Waals surface area contributed by atoms with Crippen LogP contribution < -0.4 is 4.74 Å². The summed E-state index contributed by atoms with van der Waals surface area (Å²) in [7, 11) is 1.66. The summed E-state index contributed by atoms with van der Waals surface area (Å²) in [5.74, 6) is 1.93. The van der Waals surface area contributed by atoms with Gasteiger partial charge in [0.2, 0.25) is 5.91 Å². The minimum atomic E-state index is 0.156. The SMILES string of the molecule is C=C(C)CC(=O)N1CCSc2ccc(OC)cc2C1. The van der Waals surface area contributed by atoms with Crippen molar-refractivity contribution in [2.45, 2.75) is 24.8 Å². The molecule has 0 aromatic heterocycles. The van der Waals surface area contributed by atoms with Gasteiger partial charge in [-0.1, -0.05) is 12.2 Å². The molecule has 1 aromatic rings. The Morgan fingerprint density at radius 2 is 2.32 bits per heavy atom. The fourth-order valence-electron chi connectivity index (χ4n) is 2.08. The molecule has 0 saturated carbocycles. The molecule has 0 atom stereocenters. The van der Waals surface area contributed by atoms with Gasteiger partial charge in [0.1, 0.15) is 5.75 Å². The molecule has 0 saturated heterocycles. The predicted molar refractivity (Wildman–Crippen MR) is 78.6 cm³/mol. The summed E-state index contributed by atoms with van der Waals surface area (Å²) in [6.07, 6.45) is 0.434. The van der Waals surface area contributed by atoms with Crippen LogP contribution in [0, 0.1) is 0 Å². The van der Waals surface area contributed by atoms with Crippen molar-refractivity contribution >= 4 is 17.7 Å². The van der Waals surface area contributed by atoms with E-state index in [9.17, 15) is 4.79 Å². The fraction of sp³-hybridized carbons (Fsp3) is 0.400. The van der Waals surface area contributed by atoms with Crippen LogP contribution in [0.4, 0.5) is 0 Å². The maximum Gasteiger partial charge on any atom is 0.226 e. The highest BCUT2D eigenvalue weighted by atomic mass is 32.2. The molecule has 19 heavy (non-hydrogen) atoms. The number of amides is 1. The number of hydrogen-bond donors (Lipinski definition) is 0. The van der Waals surface area contributed by atoms with E-state index in [-0.39, 0.29) is 5.91 Å². The number of hydrogen-bond acceptors (Lipinski definition) is 3. The third-order valence-electron chi connectivity index (χ3n) is 3.05. The van der Waals surface area contributed by atoms with Crippen molar-refractivity contribution in [3.63, 3.8) is 0 Å². The molecule has 2 rings (SSSR count). The number of fused-ring (bicyclic) bond motifs is 1. The highest BCUT2D eigenvalue weighted by Gasteiger charge is 2.19. The Kier molecular flexibility index (Phi) is 4.53. The first-order valence-corrected chi connectivity index (χ1v) is 7.30. The van der Waals surface area contributed by atoms with Crippen molar-refractivity contribution in [2.75, 3.05) is 19.4 Å². The van der Waals surface area contributed by atoms with E-state index in [1.807, 2.05) is 24.0 Å². The van der Waals surface area contributed by atoms with Crippen LogP contribution in [-0.4, -0.2) is 30.2 Å². The molecule has 102 valence electrons. The third-order valence-corrected chi connectivity index (χ3v) is 4.15. The number of nitrogens with zero attached hydrogens (tertiary/aromatic N) is 1. The average Bonchev–Trinajstić information content (AvgIpc) is 2.59. The molecule has 0 radical (unpaired) electrons. The maximum absolute atomic E-state index is 12.2. The molecule has 3 nitrogen and oxygen atoms in total. The monoisotopic (exact) mass is 277 g/mol. The van der Waals surface area contributed by atoms with Crippen LogP contribution >= 0.6 is 11.8 Å². The van der Waals surface area contributed by atoms with Crippen LogP contribution in [0.15, 0.2) is 35.2 Å². The van der Waals surface area contributed by atoms with Crippen LogP contribution in [0.3, 0.4) is 0 Å². The van der Waals surface area contributed by atoms with Crippen molar-refractivity contribution in [1.29, 1.82) is 0 Å². The average molecular weight is 277 g/mol. The number of methoxy groups -OCH3 is 1. The number of ether oxygens (including phenoxy) is 1. The van der Waals surface area contributed by atoms with Gasteiger partial charge in [-0.15, -0.1) is 11.8 Å². The zero-order valence-corrected chi connectivity index (χ0v) is 12.3. The van der Waals surface area contributed by atoms with Gasteiger partial charge in [0.15, 0.2) is 0 Å². The second-order valence-electron chi connectivity index (χ2n) is 4.77. The van der Waals surface area contributed by atoms with E-state index < -0.39 is 0 Å². The van der Waals surface area contributed by atoms with E-state index in [1.54, 1.807) is 18.9 Å². The smallest absolute Gasteiger partial charge is 0.226 e. The van der Waals surface area contributed by atoms with Gasteiger partial charge in [0.25, 0.3) is 0 Å². The summed E-state index contributed by atoms with van der Waals surface area (Å²) in [6, 6.07) is 6.07. The van der Waals surface area contributed by atoms with Gasteiger partial charge in [-0.3, -0.25) is 4.79 Å². The normalized spacial score (nSPS) is 14.5. The first kappa shape index (κ1) is 14.0. The Bertz CT molecular complexity index is 499. The van der Waals surface area contributed by atoms with Crippen molar-refractivity contribution in [2.24, 2.45) is 0 Å². The summed E-state index contributed by atoms with van der Waals surface area (Å²) < 4.78 is 5.25. The number of thioether (sulfide) groups is 1. The first-order valence-electron chi connectivity index (χ1n) is 6.32. The van der Waals surface area contributed by atoms with E-state index in [2.05, 4.69) is 12.6 Å². The Morgan fingerprint density at radius 1 is 1.53 bits per heavy atom. The quantitative estimate of drug-likeness (QED) is 0.795. The molecule has 0 fully saturated rings. The molecule has 1 heterocycles. The van der Waals surface area contributed by atoms with Gasteiger partial charge < -0.3 is 9.64 Å². The molecule has 0 aliphatic carbocycles. The molecule has 0 N–H and O–H groups in total. The van der Waals surface area contributed by atoms with E-state index in [0.717, 1.165) is 29.2 Å². The minimum Gasteiger partial charge on any atom is -0.497 e. The molecular weight excluding hydrogens is 258 g/mol. The fourth-order valence-corrected chi connectivity index (χ4v) is 3.09. The van der Waals surface area contributed by atoms with Gasteiger partial charge in [-0.2, -0.15) is 0 Å². The predicted octanol–water partition coefficient (Wildman–Crippen LogP) is 3.10. The standard InChI is InChI=1S/C15H19NO2S/c1-11(2)8-15(17)16-6-7-19-14-5-4-13(18-3)9-12(14)10-16/h4-5,9H,1,6-8,10H2,2-3H3. The van der Waals surface area contributed by atoms with Gasteiger partial charge in [-0.25, -0.2) is 0 Å². The molecule has 1 aliphatic heterocycles. The van der Waals surface area contributed by atoms with Crippen molar-refractivity contribution in [3.05, 3.63) is 35.9 Å². The van der Waals surface area contributed by atoms with Crippen LogP contribution in [0.2, 0.25) is 0 Å². The molecule has 0 bridgehead atoms. The largest absolute Gasteiger partial charge is 0.497 e. The lowest BCUT2D eigenvalue weighted by molar-refractivity contribution is -0.130. The summed E-state index contributed by atoms with van der Waals surface area (Å²) in [4.78, 5) is 15.3. The highest BCUT2D eigenvalue weighted by Crippen LogP contribution is 2.30. The number of carbonyl (C=O) groups is 1. The number of carbonyl (C=O) groups excluding carboxylic acids is 1. The van der Waals surface area contributed by atoms with Gasteiger partial charge in [0.05, 0.1) is 7.11 Å². The van der Waals surface area contributed by atoms with Gasteiger partial charge >= 0.3 is 0 Å². The zero-order chi connectivity index (χ0) is 13.8. The van der Waals surface area contributed by atoms with Gasteiger partial charge in [-0.05, 0) is 30.7 Å². The summed E-state index contributed by atoms with van der Waals surface area (Å²) >= 11 is 1.80. The van der Waals surface area contributed by atoms with E-state index in [1.165, 1.54) is 4.90 Å². The topological polar surface area (TPSA) is 29.5 Å². The Balaban J connectivity index is 2.18. The summed E-state index contributed by atoms with van der Waals surface area (Å²) in [5, 5.41) is 0. The van der Waals surface area contributed by atoms with E-state index >= 15 is 0 Å². The Morgan fingerprint density at radius 3 is 3.00 bits per heavy atom. The molecule has 1 aliphatic rings. The zero-order valence-electron chi connectivity index (χ0n) is 11.4. The lowest BCUT2D eigenvalue weighted by Gasteiger charge is -2.20. The van der Waals surface area contributed by atoms with Crippen LogP contribution in [-0.2, 0) is 11.3 Å².